The monoisotopic (exact) mass is 263 g/mol. The van der Waals surface area contributed by atoms with Crippen LogP contribution in [0.15, 0.2) is 18.3 Å². The normalized spacial score (nSPS) is 18.3. The molecule has 5 heteroatoms. The summed E-state index contributed by atoms with van der Waals surface area (Å²) in [6, 6.07) is 3.81. The van der Waals surface area contributed by atoms with Gasteiger partial charge in [0.1, 0.15) is 11.9 Å². The van der Waals surface area contributed by atoms with Crippen molar-refractivity contribution in [3.8, 4) is 0 Å². The topological polar surface area (TPSA) is 54.5 Å². The summed E-state index contributed by atoms with van der Waals surface area (Å²) in [5, 5.41) is 2.84. The van der Waals surface area contributed by atoms with Crippen molar-refractivity contribution in [1.29, 1.82) is 0 Å². The van der Waals surface area contributed by atoms with Crippen LogP contribution >= 0.6 is 0 Å². The van der Waals surface area contributed by atoms with Crippen LogP contribution in [-0.2, 0) is 9.53 Å². The maximum absolute atomic E-state index is 11.9. The number of amides is 1. The van der Waals surface area contributed by atoms with Gasteiger partial charge in [-0.3, -0.25) is 4.79 Å². The number of carbonyl (C=O) groups excluding carboxylic acids is 1. The highest BCUT2D eigenvalue weighted by molar-refractivity contribution is 5.94. The van der Waals surface area contributed by atoms with Crippen molar-refractivity contribution in [3.05, 3.63) is 18.3 Å². The molecule has 0 radical (unpaired) electrons. The van der Waals surface area contributed by atoms with Crippen molar-refractivity contribution in [1.82, 2.24) is 4.98 Å². The van der Waals surface area contributed by atoms with Gasteiger partial charge in [0.05, 0.1) is 11.9 Å². The van der Waals surface area contributed by atoms with E-state index < -0.39 is 0 Å². The summed E-state index contributed by atoms with van der Waals surface area (Å²) in [6.07, 6.45) is 3.15. The zero-order valence-corrected chi connectivity index (χ0v) is 11.6. The number of anilines is 2. The summed E-state index contributed by atoms with van der Waals surface area (Å²) in [6.45, 7) is 6.71. The number of hydrogen-bond donors (Lipinski definition) is 1. The molecule has 1 fully saturated rings. The second-order valence-electron chi connectivity index (χ2n) is 4.57. The van der Waals surface area contributed by atoms with E-state index >= 15 is 0 Å². The van der Waals surface area contributed by atoms with E-state index in [-0.39, 0.29) is 12.0 Å². The Morgan fingerprint density at radius 1 is 1.47 bits per heavy atom. The molecule has 1 aromatic rings. The molecular formula is C14H21N3O2. The lowest BCUT2D eigenvalue weighted by Gasteiger charge is -2.19. The summed E-state index contributed by atoms with van der Waals surface area (Å²) < 4.78 is 5.34. The van der Waals surface area contributed by atoms with Gasteiger partial charge in [-0.25, -0.2) is 4.98 Å². The standard InChI is InChI=1S/C14H21N3O2/c1-3-17(4-2)13-8-7-11(10-15-13)16-14(18)12-6-5-9-19-12/h7-8,10,12H,3-6,9H2,1-2H3,(H,16,18)/t12-/m1/s1. The first-order valence-electron chi connectivity index (χ1n) is 6.88. The van der Waals surface area contributed by atoms with Gasteiger partial charge in [-0.1, -0.05) is 0 Å². The highest BCUT2D eigenvalue weighted by Gasteiger charge is 2.23. The highest BCUT2D eigenvalue weighted by Crippen LogP contribution is 2.17. The minimum atomic E-state index is -0.303. The number of pyridine rings is 1. The van der Waals surface area contributed by atoms with Crippen LogP contribution in [0.2, 0.25) is 0 Å². The van der Waals surface area contributed by atoms with Gasteiger partial charge < -0.3 is 15.0 Å². The molecule has 1 N–H and O–H groups in total. The number of nitrogens with zero attached hydrogens (tertiary/aromatic N) is 2. The van der Waals surface area contributed by atoms with Gasteiger partial charge in [-0.05, 0) is 38.8 Å². The summed E-state index contributed by atoms with van der Waals surface area (Å²) in [5.74, 6) is 0.856. The summed E-state index contributed by atoms with van der Waals surface area (Å²) in [4.78, 5) is 18.4. The minimum Gasteiger partial charge on any atom is -0.368 e. The third-order valence-electron chi connectivity index (χ3n) is 3.32. The second kappa shape index (κ2) is 6.52. The Kier molecular flexibility index (Phi) is 4.74. The number of aromatic nitrogens is 1. The molecule has 0 saturated carbocycles. The Balaban J connectivity index is 1.96. The molecule has 1 amide bonds. The molecule has 1 aromatic heterocycles. The van der Waals surface area contributed by atoms with Crippen molar-refractivity contribution in [2.45, 2.75) is 32.8 Å². The van der Waals surface area contributed by atoms with E-state index in [1.807, 2.05) is 12.1 Å². The molecule has 5 nitrogen and oxygen atoms in total. The molecule has 1 aliphatic rings. The van der Waals surface area contributed by atoms with Crippen LogP contribution in [0.1, 0.15) is 26.7 Å². The molecule has 0 aliphatic carbocycles. The van der Waals surface area contributed by atoms with E-state index in [9.17, 15) is 4.79 Å². The lowest BCUT2D eigenvalue weighted by Crippen LogP contribution is -2.27. The third kappa shape index (κ3) is 3.44. The molecule has 1 saturated heterocycles. The molecule has 1 atom stereocenters. The number of nitrogens with one attached hydrogen (secondary N) is 1. The average Bonchev–Trinajstić information content (AvgIpc) is 2.96. The van der Waals surface area contributed by atoms with Gasteiger partial charge in [0.25, 0.3) is 5.91 Å². The Bertz CT molecular complexity index is 409. The molecule has 19 heavy (non-hydrogen) atoms. The van der Waals surface area contributed by atoms with E-state index in [2.05, 4.69) is 29.0 Å². The van der Waals surface area contributed by atoms with Crippen molar-refractivity contribution in [2.75, 3.05) is 29.9 Å². The number of rotatable bonds is 5. The van der Waals surface area contributed by atoms with E-state index in [1.54, 1.807) is 6.20 Å². The fraction of sp³-hybridized carbons (Fsp3) is 0.571. The first-order chi connectivity index (χ1) is 9.24. The Morgan fingerprint density at radius 2 is 2.26 bits per heavy atom. The first kappa shape index (κ1) is 13.8. The van der Waals surface area contributed by atoms with Crippen LogP contribution in [0, 0.1) is 0 Å². The van der Waals surface area contributed by atoms with Crippen LogP contribution in [0.4, 0.5) is 11.5 Å². The minimum absolute atomic E-state index is 0.0742. The van der Waals surface area contributed by atoms with E-state index in [0.717, 1.165) is 37.4 Å². The summed E-state index contributed by atoms with van der Waals surface area (Å²) >= 11 is 0. The molecule has 1 aliphatic heterocycles. The SMILES string of the molecule is CCN(CC)c1ccc(NC(=O)[C@H]2CCCO2)cn1. The molecule has 0 unspecified atom stereocenters. The predicted molar refractivity (Wildman–Crippen MR) is 75.4 cm³/mol. The average molecular weight is 263 g/mol. The van der Waals surface area contributed by atoms with Gasteiger partial charge in [0.2, 0.25) is 0 Å². The van der Waals surface area contributed by atoms with Gasteiger partial charge in [0.15, 0.2) is 0 Å². The van der Waals surface area contributed by atoms with Gasteiger partial charge in [-0.2, -0.15) is 0 Å². The van der Waals surface area contributed by atoms with E-state index in [1.165, 1.54) is 0 Å². The number of hydrogen-bond acceptors (Lipinski definition) is 4. The molecule has 104 valence electrons. The Labute approximate surface area is 114 Å². The fourth-order valence-electron chi connectivity index (χ4n) is 2.20. The molecular weight excluding hydrogens is 242 g/mol. The largest absolute Gasteiger partial charge is 0.368 e. The molecule has 0 bridgehead atoms. The number of ether oxygens (including phenoxy) is 1. The quantitative estimate of drug-likeness (QED) is 0.883. The lowest BCUT2D eigenvalue weighted by atomic mass is 10.2. The van der Waals surface area contributed by atoms with Crippen LogP contribution < -0.4 is 10.2 Å². The Morgan fingerprint density at radius 3 is 2.79 bits per heavy atom. The lowest BCUT2D eigenvalue weighted by molar-refractivity contribution is -0.124. The predicted octanol–water partition coefficient (Wildman–Crippen LogP) is 2.05. The van der Waals surface area contributed by atoms with E-state index in [4.69, 9.17) is 4.74 Å². The van der Waals surface area contributed by atoms with Crippen LogP contribution in [-0.4, -0.2) is 36.7 Å². The number of carbonyl (C=O) groups is 1. The van der Waals surface area contributed by atoms with Gasteiger partial charge in [-0.15, -0.1) is 0 Å². The maximum Gasteiger partial charge on any atom is 0.253 e. The van der Waals surface area contributed by atoms with Crippen LogP contribution in [0.3, 0.4) is 0 Å². The third-order valence-corrected chi connectivity index (χ3v) is 3.32. The first-order valence-corrected chi connectivity index (χ1v) is 6.88. The van der Waals surface area contributed by atoms with Gasteiger partial charge in [0, 0.05) is 19.7 Å². The molecule has 0 aromatic carbocycles. The maximum atomic E-state index is 11.9. The van der Waals surface area contributed by atoms with Crippen molar-refractivity contribution in [3.63, 3.8) is 0 Å². The smallest absolute Gasteiger partial charge is 0.253 e. The Hall–Kier alpha value is -1.62. The zero-order valence-electron chi connectivity index (χ0n) is 11.6. The zero-order chi connectivity index (χ0) is 13.7. The van der Waals surface area contributed by atoms with Crippen LogP contribution in [0.5, 0.6) is 0 Å². The second-order valence-corrected chi connectivity index (χ2v) is 4.57. The molecule has 0 spiro atoms. The van der Waals surface area contributed by atoms with E-state index in [0.29, 0.717) is 6.61 Å². The highest BCUT2D eigenvalue weighted by atomic mass is 16.5. The molecule has 2 heterocycles. The van der Waals surface area contributed by atoms with Crippen molar-refractivity contribution >= 4 is 17.4 Å². The van der Waals surface area contributed by atoms with Crippen molar-refractivity contribution < 1.29 is 9.53 Å². The fourth-order valence-corrected chi connectivity index (χ4v) is 2.20. The summed E-state index contributed by atoms with van der Waals surface area (Å²) in [5.41, 5.74) is 0.719. The van der Waals surface area contributed by atoms with Crippen molar-refractivity contribution in [2.24, 2.45) is 0 Å². The van der Waals surface area contributed by atoms with Crippen LogP contribution in [0.25, 0.3) is 0 Å². The van der Waals surface area contributed by atoms with Gasteiger partial charge >= 0.3 is 0 Å². The molecule has 2 rings (SSSR count). The summed E-state index contributed by atoms with van der Waals surface area (Å²) in [7, 11) is 0.